The maximum atomic E-state index is 14.7. The van der Waals surface area contributed by atoms with Gasteiger partial charge in [-0.3, -0.25) is 0 Å². The second-order valence-electron chi connectivity index (χ2n) is 6.02. The summed E-state index contributed by atoms with van der Waals surface area (Å²) in [5.74, 6) is -9.54. The average molecular weight is 429 g/mol. The highest BCUT2D eigenvalue weighted by Gasteiger charge is 2.35. The summed E-state index contributed by atoms with van der Waals surface area (Å²) in [7, 11) is 1.46. The van der Waals surface area contributed by atoms with Crippen LogP contribution in [0.3, 0.4) is 0 Å². The molecule has 0 bridgehead atoms. The molecule has 0 radical (unpaired) electrons. The van der Waals surface area contributed by atoms with E-state index < -0.39 is 47.3 Å². The Morgan fingerprint density at radius 2 is 1.52 bits per heavy atom. The summed E-state index contributed by atoms with van der Waals surface area (Å²) in [5, 5.41) is 11.1. The number of aliphatic hydroxyl groups is 1. The average Bonchev–Trinajstić information content (AvgIpc) is 3.27. The molecule has 154 valence electrons. The third kappa shape index (κ3) is 3.92. The number of benzene rings is 2. The Morgan fingerprint density at radius 1 is 0.931 bits per heavy atom. The van der Waals surface area contributed by atoms with Crippen LogP contribution < -0.4 is 9.64 Å². The van der Waals surface area contributed by atoms with Crippen LogP contribution in [0.5, 0.6) is 5.75 Å². The SMILES string of the molecule is COc1ccc(N(CCO)[C@H](c2cccs2)c2c(F)c(F)c(F)c(F)c2F)cc1. The van der Waals surface area contributed by atoms with E-state index >= 15 is 0 Å². The Morgan fingerprint density at radius 3 is 2.00 bits per heavy atom. The molecular formula is C20H16F5NO2S. The Labute approximate surface area is 167 Å². The quantitative estimate of drug-likeness (QED) is 0.325. The molecule has 0 saturated heterocycles. The molecule has 29 heavy (non-hydrogen) atoms. The monoisotopic (exact) mass is 429 g/mol. The van der Waals surface area contributed by atoms with Crippen molar-refractivity contribution in [2.75, 3.05) is 25.2 Å². The van der Waals surface area contributed by atoms with Crippen molar-refractivity contribution in [2.45, 2.75) is 6.04 Å². The molecule has 0 saturated carbocycles. The standard InChI is InChI=1S/C20H16F5NO2S/c1-28-12-6-4-11(5-7-12)26(8-9-27)20(13-3-2-10-29-13)14-15(21)17(23)19(25)18(24)16(14)22/h2-7,10,20,27H,8-9H2,1H3/t20-/m1/s1. The molecule has 0 amide bonds. The molecule has 2 aromatic carbocycles. The van der Waals surface area contributed by atoms with E-state index in [-0.39, 0.29) is 6.54 Å². The van der Waals surface area contributed by atoms with Crippen LogP contribution in [0.4, 0.5) is 27.6 Å². The molecule has 3 aromatic rings. The number of aliphatic hydroxyl groups excluding tert-OH is 1. The first kappa shape index (κ1) is 21.1. The van der Waals surface area contributed by atoms with Crippen LogP contribution in [0.25, 0.3) is 0 Å². The van der Waals surface area contributed by atoms with E-state index in [1.807, 2.05) is 0 Å². The van der Waals surface area contributed by atoms with Crippen molar-refractivity contribution in [1.29, 1.82) is 0 Å². The van der Waals surface area contributed by atoms with Gasteiger partial charge in [-0.1, -0.05) is 6.07 Å². The van der Waals surface area contributed by atoms with Crippen LogP contribution in [-0.4, -0.2) is 25.4 Å². The van der Waals surface area contributed by atoms with E-state index in [1.165, 1.54) is 18.1 Å². The lowest BCUT2D eigenvalue weighted by Crippen LogP contribution is -2.33. The number of nitrogens with zero attached hydrogens (tertiary/aromatic N) is 1. The minimum Gasteiger partial charge on any atom is -0.497 e. The van der Waals surface area contributed by atoms with Crippen molar-refractivity contribution in [3.05, 3.63) is 81.3 Å². The summed E-state index contributed by atoms with van der Waals surface area (Å²) in [4.78, 5) is 1.72. The molecule has 1 heterocycles. The summed E-state index contributed by atoms with van der Waals surface area (Å²) in [6.45, 7) is -0.530. The number of ether oxygens (including phenoxy) is 1. The van der Waals surface area contributed by atoms with Gasteiger partial charge in [-0.25, -0.2) is 22.0 Å². The van der Waals surface area contributed by atoms with Gasteiger partial charge >= 0.3 is 0 Å². The third-order valence-electron chi connectivity index (χ3n) is 4.39. The van der Waals surface area contributed by atoms with Gasteiger partial charge in [-0.15, -0.1) is 11.3 Å². The second-order valence-corrected chi connectivity index (χ2v) is 7.00. The van der Waals surface area contributed by atoms with Crippen molar-refractivity contribution in [1.82, 2.24) is 0 Å². The van der Waals surface area contributed by atoms with Crippen LogP contribution >= 0.6 is 11.3 Å². The largest absolute Gasteiger partial charge is 0.497 e. The zero-order valence-corrected chi connectivity index (χ0v) is 16.0. The molecule has 0 aliphatic heterocycles. The van der Waals surface area contributed by atoms with Crippen LogP contribution in [0, 0.1) is 29.1 Å². The van der Waals surface area contributed by atoms with Crippen LogP contribution in [0.15, 0.2) is 41.8 Å². The van der Waals surface area contributed by atoms with Gasteiger partial charge in [-0.05, 0) is 35.7 Å². The van der Waals surface area contributed by atoms with Gasteiger partial charge in [0.25, 0.3) is 0 Å². The summed E-state index contributed by atoms with van der Waals surface area (Å²) < 4.78 is 75.8. The number of rotatable bonds is 7. The van der Waals surface area contributed by atoms with Gasteiger partial charge in [0.05, 0.1) is 25.3 Å². The number of halogens is 5. The number of anilines is 1. The van der Waals surface area contributed by atoms with Gasteiger partial charge in [0.2, 0.25) is 5.82 Å². The Hall–Kier alpha value is -2.65. The molecule has 3 nitrogen and oxygen atoms in total. The Balaban J connectivity index is 2.25. The molecule has 1 N–H and O–H groups in total. The minimum atomic E-state index is -2.22. The number of thiophene rings is 1. The number of hydrogen-bond donors (Lipinski definition) is 1. The van der Waals surface area contributed by atoms with E-state index in [4.69, 9.17) is 4.74 Å². The first-order chi connectivity index (χ1) is 13.9. The fourth-order valence-corrected chi connectivity index (χ4v) is 3.89. The molecule has 1 aromatic heterocycles. The van der Waals surface area contributed by atoms with E-state index in [1.54, 1.807) is 35.7 Å². The summed E-state index contributed by atoms with van der Waals surface area (Å²) >= 11 is 1.10. The van der Waals surface area contributed by atoms with Gasteiger partial charge in [0, 0.05) is 17.1 Å². The first-order valence-corrected chi connectivity index (χ1v) is 9.35. The number of hydrogen-bond acceptors (Lipinski definition) is 4. The fraction of sp³-hybridized carbons (Fsp3) is 0.200. The van der Waals surface area contributed by atoms with Crippen molar-refractivity contribution < 1.29 is 31.8 Å². The topological polar surface area (TPSA) is 32.7 Å². The molecule has 0 spiro atoms. The molecule has 3 rings (SSSR count). The molecule has 1 atom stereocenters. The second kappa shape index (κ2) is 8.79. The molecule has 0 fully saturated rings. The molecule has 0 aliphatic rings. The zero-order chi connectivity index (χ0) is 21.1. The first-order valence-electron chi connectivity index (χ1n) is 8.47. The van der Waals surface area contributed by atoms with Crippen molar-refractivity contribution in [3.8, 4) is 5.75 Å². The van der Waals surface area contributed by atoms with E-state index in [0.29, 0.717) is 16.3 Å². The molecule has 0 unspecified atom stereocenters. The Kier molecular flexibility index (Phi) is 6.39. The van der Waals surface area contributed by atoms with Gasteiger partial charge in [-0.2, -0.15) is 0 Å². The maximum Gasteiger partial charge on any atom is 0.200 e. The van der Waals surface area contributed by atoms with Crippen molar-refractivity contribution in [2.24, 2.45) is 0 Å². The smallest absolute Gasteiger partial charge is 0.200 e. The van der Waals surface area contributed by atoms with Crippen molar-refractivity contribution in [3.63, 3.8) is 0 Å². The lowest BCUT2D eigenvalue weighted by atomic mass is 10.00. The minimum absolute atomic E-state index is 0.117. The summed E-state index contributed by atoms with van der Waals surface area (Å²) in [6.07, 6.45) is 0. The highest BCUT2D eigenvalue weighted by atomic mass is 32.1. The van der Waals surface area contributed by atoms with E-state index in [2.05, 4.69) is 0 Å². The highest BCUT2D eigenvalue weighted by molar-refractivity contribution is 7.10. The van der Waals surface area contributed by atoms with E-state index in [0.717, 1.165) is 11.3 Å². The molecule has 9 heteroatoms. The maximum absolute atomic E-state index is 14.7. The van der Waals surface area contributed by atoms with Crippen LogP contribution in [0.1, 0.15) is 16.5 Å². The van der Waals surface area contributed by atoms with E-state index in [9.17, 15) is 27.1 Å². The molecule has 0 aliphatic carbocycles. The highest BCUT2D eigenvalue weighted by Crippen LogP contribution is 2.39. The lowest BCUT2D eigenvalue weighted by molar-refractivity contribution is 0.297. The van der Waals surface area contributed by atoms with Gasteiger partial charge in [0.1, 0.15) is 5.75 Å². The van der Waals surface area contributed by atoms with Crippen molar-refractivity contribution >= 4 is 17.0 Å². The summed E-state index contributed by atoms with van der Waals surface area (Å²) in [5.41, 5.74) is -0.574. The predicted octanol–water partition coefficient (Wildman–Crippen LogP) is 5.04. The van der Waals surface area contributed by atoms with Crippen LogP contribution in [0.2, 0.25) is 0 Å². The third-order valence-corrected chi connectivity index (χ3v) is 5.31. The van der Waals surface area contributed by atoms with Gasteiger partial charge < -0.3 is 14.7 Å². The Bertz CT molecular complexity index is 951. The normalized spacial score (nSPS) is 12.1. The van der Waals surface area contributed by atoms with Gasteiger partial charge in [0.15, 0.2) is 23.3 Å². The predicted molar refractivity (Wildman–Crippen MR) is 99.8 cm³/mol. The number of methoxy groups -OCH3 is 1. The zero-order valence-electron chi connectivity index (χ0n) is 15.1. The molecular weight excluding hydrogens is 413 g/mol. The van der Waals surface area contributed by atoms with Crippen LogP contribution in [-0.2, 0) is 0 Å². The fourth-order valence-electron chi connectivity index (χ4n) is 3.05. The summed E-state index contributed by atoms with van der Waals surface area (Å²) in [6, 6.07) is 8.10. The lowest BCUT2D eigenvalue weighted by Gasteiger charge is -2.33.